The molecule has 0 saturated heterocycles. The minimum absolute atomic E-state index is 0.301. The molecular formula is C15H25N3O. The number of aryl methyl sites for hydroxylation is 1. The van der Waals surface area contributed by atoms with Gasteiger partial charge in [0.05, 0.1) is 0 Å². The molecule has 106 valence electrons. The van der Waals surface area contributed by atoms with Crippen LogP contribution in [0.1, 0.15) is 45.9 Å². The number of aromatic nitrogens is 2. The number of nitrogens with zero attached hydrogens (tertiary/aromatic N) is 2. The third-order valence-corrected chi connectivity index (χ3v) is 4.16. The van der Waals surface area contributed by atoms with Crippen molar-refractivity contribution in [1.29, 1.82) is 0 Å². The summed E-state index contributed by atoms with van der Waals surface area (Å²) in [6.07, 6.45) is 4.63. The van der Waals surface area contributed by atoms with Crippen molar-refractivity contribution in [3.63, 3.8) is 0 Å². The number of ether oxygens (including phenoxy) is 1. The Morgan fingerprint density at radius 2 is 2.05 bits per heavy atom. The maximum atomic E-state index is 6.07. The van der Waals surface area contributed by atoms with Crippen LogP contribution in [0, 0.1) is 11.8 Å². The van der Waals surface area contributed by atoms with Crippen molar-refractivity contribution in [2.24, 2.45) is 11.8 Å². The van der Waals surface area contributed by atoms with Gasteiger partial charge in [0.15, 0.2) is 0 Å². The molecule has 1 N–H and O–H groups in total. The summed E-state index contributed by atoms with van der Waals surface area (Å²) in [6, 6.07) is 1.89. The Labute approximate surface area is 116 Å². The quantitative estimate of drug-likeness (QED) is 0.905. The van der Waals surface area contributed by atoms with Gasteiger partial charge in [-0.05, 0) is 31.1 Å². The Bertz CT molecular complexity index is 400. The normalized spacial score (nSPS) is 27.1. The van der Waals surface area contributed by atoms with Crippen molar-refractivity contribution in [2.75, 3.05) is 12.4 Å². The first kappa shape index (κ1) is 14.1. The lowest BCUT2D eigenvalue weighted by Gasteiger charge is -2.32. The molecular weight excluding hydrogens is 238 g/mol. The molecule has 1 saturated carbocycles. The van der Waals surface area contributed by atoms with E-state index in [0.717, 1.165) is 42.7 Å². The van der Waals surface area contributed by atoms with Crippen LogP contribution in [0.2, 0.25) is 0 Å². The van der Waals surface area contributed by atoms with E-state index in [2.05, 4.69) is 36.1 Å². The monoisotopic (exact) mass is 263 g/mol. The Morgan fingerprint density at radius 1 is 1.26 bits per heavy atom. The van der Waals surface area contributed by atoms with Crippen LogP contribution in [0.5, 0.6) is 5.88 Å². The molecule has 19 heavy (non-hydrogen) atoms. The highest BCUT2D eigenvalue weighted by atomic mass is 16.5. The molecule has 1 aromatic heterocycles. The highest BCUT2D eigenvalue weighted by Gasteiger charge is 2.26. The number of hydrogen-bond donors (Lipinski definition) is 1. The minimum atomic E-state index is 0.301. The Morgan fingerprint density at radius 3 is 2.68 bits per heavy atom. The van der Waals surface area contributed by atoms with Crippen molar-refractivity contribution >= 4 is 5.82 Å². The average Bonchev–Trinajstić information content (AvgIpc) is 2.42. The summed E-state index contributed by atoms with van der Waals surface area (Å²) in [4.78, 5) is 8.85. The third-order valence-electron chi connectivity index (χ3n) is 4.16. The van der Waals surface area contributed by atoms with Gasteiger partial charge < -0.3 is 10.1 Å². The van der Waals surface area contributed by atoms with E-state index < -0.39 is 0 Å². The number of anilines is 1. The summed E-state index contributed by atoms with van der Waals surface area (Å²) in [5.74, 6) is 3.92. The van der Waals surface area contributed by atoms with E-state index in [9.17, 15) is 0 Å². The van der Waals surface area contributed by atoms with Crippen LogP contribution in [0.4, 0.5) is 5.82 Å². The zero-order chi connectivity index (χ0) is 13.8. The van der Waals surface area contributed by atoms with E-state index >= 15 is 0 Å². The summed E-state index contributed by atoms with van der Waals surface area (Å²) < 4.78 is 6.07. The zero-order valence-electron chi connectivity index (χ0n) is 12.4. The molecule has 0 aliphatic heterocycles. The van der Waals surface area contributed by atoms with Gasteiger partial charge in [0, 0.05) is 19.5 Å². The summed E-state index contributed by atoms with van der Waals surface area (Å²) in [5, 5.41) is 3.06. The molecule has 2 rings (SSSR count). The zero-order valence-corrected chi connectivity index (χ0v) is 12.4. The van der Waals surface area contributed by atoms with Crippen molar-refractivity contribution in [3.8, 4) is 5.88 Å². The van der Waals surface area contributed by atoms with E-state index in [4.69, 9.17) is 4.74 Å². The molecule has 4 nitrogen and oxygen atoms in total. The second kappa shape index (κ2) is 6.22. The van der Waals surface area contributed by atoms with Gasteiger partial charge in [-0.2, -0.15) is 4.98 Å². The molecule has 0 radical (unpaired) electrons. The van der Waals surface area contributed by atoms with Gasteiger partial charge in [0.25, 0.3) is 0 Å². The fraction of sp³-hybridized carbons (Fsp3) is 0.733. The molecule has 4 heteroatoms. The van der Waals surface area contributed by atoms with E-state index in [1.807, 2.05) is 13.1 Å². The third kappa shape index (κ3) is 3.58. The van der Waals surface area contributed by atoms with E-state index in [-0.39, 0.29) is 0 Å². The molecule has 1 fully saturated rings. The summed E-state index contributed by atoms with van der Waals surface area (Å²) in [6.45, 7) is 6.71. The van der Waals surface area contributed by atoms with Crippen LogP contribution in [0.15, 0.2) is 6.07 Å². The number of rotatable bonds is 4. The standard InChI is InChI=1S/C15H25N3O/c1-5-13-17-14(16-4)9-15(18-13)19-12-7-6-10(2)11(3)8-12/h9-12H,5-8H2,1-4H3,(H,16,17,18). The molecule has 0 bridgehead atoms. The molecule has 1 aliphatic rings. The fourth-order valence-electron chi connectivity index (χ4n) is 2.60. The molecule has 1 heterocycles. The van der Waals surface area contributed by atoms with Gasteiger partial charge in [-0.1, -0.05) is 20.8 Å². The van der Waals surface area contributed by atoms with Crippen LogP contribution in [-0.4, -0.2) is 23.1 Å². The molecule has 3 atom stereocenters. The maximum Gasteiger partial charge on any atom is 0.218 e. The minimum Gasteiger partial charge on any atom is -0.474 e. The second-order valence-electron chi connectivity index (χ2n) is 5.62. The molecule has 1 aliphatic carbocycles. The predicted octanol–water partition coefficient (Wildman–Crippen LogP) is 3.28. The fourth-order valence-corrected chi connectivity index (χ4v) is 2.60. The second-order valence-corrected chi connectivity index (χ2v) is 5.62. The van der Waals surface area contributed by atoms with E-state index in [1.54, 1.807) is 0 Å². The first-order valence-corrected chi connectivity index (χ1v) is 7.34. The van der Waals surface area contributed by atoms with Crippen molar-refractivity contribution in [2.45, 2.75) is 52.6 Å². The number of hydrogen-bond acceptors (Lipinski definition) is 4. The van der Waals surface area contributed by atoms with Gasteiger partial charge in [-0.15, -0.1) is 0 Å². The topological polar surface area (TPSA) is 47.0 Å². The summed E-state index contributed by atoms with van der Waals surface area (Å²) >= 11 is 0. The van der Waals surface area contributed by atoms with Crippen LogP contribution >= 0.6 is 0 Å². The first-order valence-electron chi connectivity index (χ1n) is 7.34. The van der Waals surface area contributed by atoms with Crippen molar-refractivity contribution in [1.82, 2.24) is 9.97 Å². The van der Waals surface area contributed by atoms with Gasteiger partial charge in [-0.25, -0.2) is 4.98 Å². The predicted molar refractivity (Wildman–Crippen MR) is 77.6 cm³/mol. The number of nitrogens with one attached hydrogen (secondary N) is 1. The van der Waals surface area contributed by atoms with Crippen molar-refractivity contribution < 1.29 is 4.74 Å². The summed E-state index contributed by atoms with van der Waals surface area (Å²) in [7, 11) is 1.87. The molecule has 0 spiro atoms. The van der Waals surface area contributed by atoms with Crippen LogP contribution in [0.25, 0.3) is 0 Å². The smallest absolute Gasteiger partial charge is 0.218 e. The maximum absolute atomic E-state index is 6.07. The lowest BCUT2D eigenvalue weighted by atomic mass is 9.80. The Kier molecular flexibility index (Phi) is 4.61. The highest BCUT2D eigenvalue weighted by molar-refractivity contribution is 5.37. The van der Waals surface area contributed by atoms with E-state index in [0.29, 0.717) is 12.0 Å². The largest absolute Gasteiger partial charge is 0.474 e. The lowest BCUT2D eigenvalue weighted by Crippen LogP contribution is -2.29. The van der Waals surface area contributed by atoms with Crippen molar-refractivity contribution in [3.05, 3.63) is 11.9 Å². The highest BCUT2D eigenvalue weighted by Crippen LogP contribution is 2.31. The van der Waals surface area contributed by atoms with Crippen LogP contribution in [0.3, 0.4) is 0 Å². The Balaban J connectivity index is 2.06. The lowest BCUT2D eigenvalue weighted by molar-refractivity contribution is 0.0962. The molecule has 0 aromatic carbocycles. The Hall–Kier alpha value is -1.32. The van der Waals surface area contributed by atoms with Gasteiger partial charge in [-0.3, -0.25) is 0 Å². The molecule has 0 amide bonds. The van der Waals surface area contributed by atoms with Crippen LogP contribution < -0.4 is 10.1 Å². The molecule has 1 aromatic rings. The summed E-state index contributed by atoms with van der Waals surface area (Å²) in [5.41, 5.74) is 0. The first-order chi connectivity index (χ1) is 9.12. The average molecular weight is 263 g/mol. The molecule has 3 unspecified atom stereocenters. The van der Waals surface area contributed by atoms with Gasteiger partial charge in [0.2, 0.25) is 5.88 Å². The van der Waals surface area contributed by atoms with Gasteiger partial charge >= 0.3 is 0 Å². The van der Waals surface area contributed by atoms with Gasteiger partial charge in [0.1, 0.15) is 17.7 Å². The van der Waals surface area contributed by atoms with E-state index in [1.165, 1.54) is 6.42 Å². The van der Waals surface area contributed by atoms with Crippen LogP contribution in [-0.2, 0) is 6.42 Å². The SMILES string of the molecule is CCc1nc(NC)cc(OC2CCC(C)C(C)C2)n1.